The van der Waals surface area contributed by atoms with Crippen LogP contribution in [0.3, 0.4) is 0 Å². The molecule has 1 aromatic carbocycles. The summed E-state index contributed by atoms with van der Waals surface area (Å²) in [4.78, 5) is 24.6. The minimum absolute atomic E-state index is 0.136. The van der Waals surface area contributed by atoms with Gasteiger partial charge in [-0.1, -0.05) is 5.16 Å². The van der Waals surface area contributed by atoms with Gasteiger partial charge < -0.3 is 20.9 Å². The lowest BCUT2D eigenvalue weighted by molar-refractivity contribution is 0.0909. The van der Waals surface area contributed by atoms with Crippen LogP contribution in [0.5, 0.6) is 0 Å². The summed E-state index contributed by atoms with van der Waals surface area (Å²) in [5, 5.41) is 9.54. The van der Waals surface area contributed by atoms with Gasteiger partial charge in [0.25, 0.3) is 11.8 Å². The third-order valence-electron chi connectivity index (χ3n) is 4.72. The number of carbonyl (C=O) groups excluding carboxylic acids is 2. The molecule has 136 valence electrons. The first-order chi connectivity index (χ1) is 12.5. The van der Waals surface area contributed by atoms with Crippen LogP contribution < -0.4 is 16.4 Å². The van der Waals surface area contributed by atoms with E-state index >= 15 is 0 Å². The van der Waals surface area contributed by atoms with E-state index in [1.807, 2.05) is 0 Å². The molecule has 8 heteroatoms. The van der Waals surface area contributed by atoms with Gasteiger partial charge in [-0.05, 0) is 59.8 Å². The third-order valence-corrected chi connectivity index (χ3v) is 5.38. The number of aromatic nitrogens is 1. The van der Waals surface area contributed by atoms with E-state index in [1.54, 1.807) is 24.3 Å². The molecule has 2 aliphatic rings. The Labute approximate surface area is 158 Å². The number of nitrogens with two attached hydrogens (primary N) is 1. The van der Waals surface area contributed by atoms with Crippen LogP contribution in [0, 0.1) is 0 Å². The third kappa shape index (κ3) is 3.66. The smallest absolute Gasteiger partial charge is 0.277 e. The standard InChI is InChI=1S/C18H19BrN4O3/c19-14-7-11(3-4-13(14)17(24)22-12-5-10(20)6-12)21-18(25)15-8-16(26-23-15)9-1-2-9/h3-4,7-10,12H,1-2,5-6,20H2,(H,21,25)(H,22,24). The molecule has 0 radical (unpaired) electrons. The molecule has 0 atom stereocenters. The van der Waals surface area contributed by atoms with E-state index in [1.165, 1.54) is 0 Å². The van der Waals surface area contributed by atoms with Gasteiger partial charge in [0, 0.05) is 34.2 Å². The van der Waals surface area contributed by atoms with Gasteiger partial charge in [-0.3, -0.25) is 9.59 Å². The summed E-state index contributed by atoms with van der Waals surface area (Å²) in [7, 11) is 0. The first-order valence-electron chi connectivity index (χ1n) is 8.63. The number of carbonyl (C=O) groups is 2. The molecule has 0 aliphatic heterocycles. The number of anilines is 1. The summed E-state index contributed by atoms with van der Waals surface area (Å²) >= 11 is 3.40. The number of benzene rings is 1. The molecule has 7 nitrogen and oxygen atoms in total. The Bertz CT molecular complexity index is 856. The molecule has 1 aromatic heterocycles. The van der Waals surface area contributed by atoms with Crippen molar-refractivity contribution in [2.24, 2.45) is 5.73 Å². The normalized spacial score (nSPS) is 21.8. The molecule has 0 unspecified atom stereocenters. The Morgan fingerprint density at radius 1 is 1.19 bits per heavy atom. The molecule has 4 N–H and O–H groups in total. The maximum Gasteiger partial charge on any atom is 0.277 e. The quantitative estimate of drug-likeness (QED) is 0.691. The Balaban J connectivity index is 1.40. The second-order valence-corrected chi connectivity index (χ2v) is 7.79. The molecule has 2 amide bonds. The summed E-state index contributed by atoms with van der Waals surface area (Å²) in [6, 6.07) is 7.06. The fraction of sp³-hybridized carbons (Fsp3) is 0.389. The number of amides is 2. The average molecular weight is 419 g/mol. The lowest BCUT2D eigenvalue weighted by Gasteiger charge is -2.33. The minimum atomic E-state index is -0.340. The highest BCUT2D eigenvalue weighted by Gasteiger charge is 2.29. The predicted molar refractivity (Wildman–Crippen MR) is 99.0 cm³/mol. The largest absolute Gasteiger partial charge is 0.360 e. The van der Waals surface area contributed by atoms with Crippen LogP contribution in [0.25, 0.3) is 0 Å². The average Bonchev–Trinajstić information content (AvgIpc) is 3.30. The van der Waals surface area contributed by atoms with Crippen LogP contribution in [0.2, 0.25) is 0 Å². The summed E-state index contributed by atoms with van der Waals surface area (Å²) < 4.78 is 5.81. The summed E-state index contributed by atoms with van der Waals surface area (Å²) in [6.45, 7) is 0. The molecular formula is C18H19BrN4O3. The van der Waals surface area contributed by atoms with Crippen LogP contribution >= 0.6 is 15.9 Å². The molecule has 2 fully saturated rings. The molecule has 1 heterocycles. The second-order valence-electron chi connectivity index (χ2n) is 6.94. The van der Waals surface area contributed by atoms with Gasteiger partial charge in [-0.25, -0.2) is 0 Å². The summed E-state index contributed by atoms with van der Waals surface area (Å²) in [5.74, 6) is 0.672. The Hall–Kier alpha value is -2.19. The monoisotopic (exact) mass is 418 g/mol. The van der Waals surface area contributed by atoms with Crippen molar-refractivity contribution in [3.63, 3.8) is 0 Å². The van der Waals surface area contributed by atoms with E-state index in [4.69, 9.17) is 10.3 Å². The Kier molecular flexibility index (Phi) is 4.54. The second kappa shape index (κ2) is 6.85. The van der Waals surface area contributed by atoms with Crippen LogP contribution in [-0.2, 0) is 0 Å². The van der Waals surface area contributed by atoms with Crippen LogP contribution in [0.1, 0.15) is 58.2 Å². The molecular weight excluding hydrogens is 400 g/mol. The van der Waals surface area contributed by atoms with Gasteiger partial charge in [-0.2, -0.15) is 0 Å². The highest BCUT2D eigenvalue weighted by Crippen LogP contribution is 2.40. The van der Waals surface area contributed by atoms with Gasteiger partial charge in [0.05, 0.1) is 5.56 Å². The topological polar surface area (TPSA) is 110 Å². The highest BCUT2D eigenvalue weighted by molar-refractivity contribution is 9.10. The number of nitrogens with zero attached hydrogens (tertiary/aromatic N) is 1. The molecule has 0 spiro atoms. The number of hydrogen-bond donors (Lipinski definition) is 3. The fourth-order valence-corrected chi connectivity index (χ4v) is 3.53. The molecule has 0 saturated heterocycles. The minimum Gasteiger partial charge on any atom is -0.360 e. The molecule has 2 aromatic rings. The summed E-state index contributed by atoms with van der Waals surface area (Å²) in [5.41, 5.74) is 7.08. The van der Waals surface area contributed by atoms with Crippen molar-refractivity contribution >= 4 is 33.4 Å². The van der Waals surface area contributed by atoms with Crippen molar-refractivity contribution in [1.82, 2.24) is 10.5 Å². The molecule has 4 rings (SSSR count). The van der Waals surface area contributed by atoms with Crippen molar-refractivity contribution < 1.29 is 14.1 Å². The number of hydrogen-bond acceptors (Lipinski definition) is 5. The SMILES string of the molecule is NC1CC(NC(=O)c2ccc(NC(=O)c3cc(C4CC4)on3)cc2Br)C1. The number of rotatable bonds is 5. The zero-order valence-electron chi connectivity index (χ0n) is 14.0. The summed E-state index contributed by atoms with van der Waals surface area (Å²) in [6.07, 6.45) is 3.77. The number of nitrogens with one attached hydrogen (secondary N) is 2. The van der Waals surface area contributed by atoms with Crippen molar-refractivity contribution in [2.75, 3.05) is 5.32 Å². The van der Waals surface area contributed by atoms with Gasteiger partial charge >= 0.3 is 0 Å². The molecule has 2 saturated carbocycles. The lowest BCUT2D eigenvalue weighted by Crippen LogP contribution is -2.50. The molecule has 26 heavy (non-hydrogen) atoms. The Morgan fingerprint density at radius 2 is 1.96 bits per heavy atom. The fourth-order valence-electron chi connectivity index (χ4n) is 2.97. The van der Waals surface area contributed by atoms with E-state index in [9.17, 15) is 9.59 Å². The van der Waals surface area contributed by atoms with Crippen molar-refractivity contribution in [2.45, 2.75) is 43.7 Å². The van der Waals surface area contributed by atoms with Gasteiger partial charge in [0.1, 0.15) is 5.76 Å². The molecule has 2 aliphatic carbocycles. The molecule has 0 bridgehead atoms. The Morgan fingerprint density at radius 3 is 2.62 bits per heavy atom. The van der Waals surface area contributed by atoms with Gasteiger partial charge in [0.2, 0.25) is 0 Å². The first-order valence-corrected chi connectivity index (χ1v) is 9.43. The van der Waals surface area contributed by atoms with Crippen molar-refractivity contribution in [3.8, 4) is 0 Å². The van der Waals surface area contributed by atoms with Crippen molar-refractivity contribution in [3.05, 3.63) is 45.8 Å². The van der Waals surface area contributed by atoms with Gasteiger partial charge in [0.15, 0.2) is 5.69 Å². The first kappa shape index (κ1) is 17.2. The van der Waals surface area contributed by atoms with E-state index in [-0.39, 0.29) is 29.6 Å². The number of halogens is 1. The predicted octanol–water partition coefficient (Wildman–Crippen LogP) is 2.79. The van der Waals surface area contributed by atoms with E-state index < -0.39 is 0 Å². The van der Waals surface area contributed by atoms with E-state index in [2.05, 4.69) is 31.7 Å². The maximum absolute atomic E-state index is 12.3. The van der Waals surface area contributed by atoms with E-state index in [0.29, 0.717) is 21.6 Å². The zero-order valence-corrected chi connectivity index (χ0v) is 15.6. The van der Waals surface area contributed by atoms with Crippen LogP contribution in [0.4, 0.5) is 5.69 Å². The van der Waals surface area contributed by atoms with Crippen molar-refractivity contribution in [1.29, 1.82) is 0 Å². The van der Waals surface area contributed by atoms with Crippen LogP contribution in [0.15, 0.2) is 33.3 Å². The highest BCUT2D eigenvalue weighted by atomic mass is 79.9. The maximum atomic E-state index is 12.3. The van der Waals surface area contributed by atoms with Gasteiger partial charge in [-0.15, -0.1) is 0 Å². The van der Waals surface area contributed by atoms with E-state index in [0.717, 1.165) is 31.4 Å². The zero-order chi connectivity index (χ0) is 18.3. The van der Waals surface area contributed by atoms with Crippen LogP contribution in [-0.4, -0.2) is 29.1 Å². The lowest BCUT2D eigenvalue weighted by atomic mass is 9.87.